The highest BCUT2D eigenvalue weighted by atomic mass is 28.4. The molecular formula is C39H74O3Si2. The predicted molar refractivity (Wildman–Crippen MR) is 194 cm³/mol. The molecule has 0 bridgehead atoms. The Morgan fingerprint density at radius 3 is 2.14 bits per heavy atom. The van der Waals surface area contributed by atoms with E-state index in [4.69, 9.17) is 8.85 Å². The van der Waals surface area contributed by atoms with Gasteiger partial charge in [0.15, 0.2) is 16.6 Å². The molecule has 0 aliphatic heterocycles. The second-order valence-electron chi connectivity index (χ2n) is 19.9. The van der Waals surface area contributed by atoms with Crippen LogP contribution in [0, 0.1) is 46.3 Å². The topological polar surface area (TPSA) is 38.7 Å². The highest BCUT2D eigenvalue weighted by Gasteiger charge is 2.61. The molecule has 0 heterocycles. The van der Waals surface area contributed by atoms with Gasteiger partial charge in [0.25, 0.3) is 0 Å². The minimum Gasteiger partial charge on any atom is -0.417 e. The molecule has 3 fully saturated rings. The van der Waals surface area contributed by atoms with Crippen LogP contribution in [0.5, 0.6) is 0 Å². The lowest BCUT2D eigenvalue weighted by Crippen LogP contribution is -2.56. The number of aliphatic hydroxyl groups is 1. The van der Waals surface area contributed by atoms with Crippen LogP contribution in [0.4, 0.5) is 0 Å². The van der Waals surface area contributed by atoms with E-state index < -0.39 is 16.6 Å². The lowest BCUT2D eigenvalue weighted by Gasteiger charge is -2.61. The second-order valence-corrected chi connectivity index (χ2v) is 29.5. The summed E-state index contributed by atoms with van der Waals surface area (Å²) in [6, 6.07) is 0. The number of rotatable bonds is 10. The highest BCUT2D eigenvalue weighted by molar-refractivity contribution is 6.74. The van der Waals surface area contributed by atoms with Crippen LogP contribution in [-0.4, -0.2) is 40.6 Å². The van der Waals surface area contributed by atoms with Gasteiger partial charge in [-0.2, -0.15) is 0 Å². The Hall–Kier alpha value is 0.0538. The Labute approximate surface area is 276 Å². The van der Waals surface area contributed by atoms with Crippen molar-refractivity contribution in [3.8, 4) is 0 Å². The van der Waals surface area contributed by atoms with Gasteiger partial charge < -0.3 is 14.0 Å². The summed E-state index contributed by atoms with van der Waals surface area (Å²) in [5.74, 6) is 3.78. The summed E-state index contributed by atoms with van der Waals surface area (Å²) in [4.78, 5) is 0. The Morgan fingerprint density at radius 1 is 0.886 bits per heavy atom. The molecule has 4 aliphatic carbocycles. The smallest absolute Gasteiger partial charge is 0.192 e. The third-order valence-electron chi connectivity index (χ3n) is 14.9. The van der Waals surface area contributed by atoms with Gasteiger partial charge in [0.2, 0.25) is 0 Å². The fourth-order valence-corrected chi connectivity index (χ4v) is 12.5. The van der Waals surface area contributed by atoms with Gasteiger partial charge in [0.1, 0.15) is 0 Å². The van der Waals surface area contributed by atoms with E-state index in [9.17, 15) is 5.11 Å². The number of aliphatic hydroxyl groups excluding tert-OH is 1. The standard InChI is InChI=1S/C39H74O3Si2/c1-27(26-41-43(11,12)36(3,4)5)16-15-17-28(2)33-25-34(40)35-31-19-18-29-24-30(42-44(13,14)37(6,7)8)20-22-38(29,9)32(31)21-23-39(33,35)10/h25,27-32,34-35,40H,15-24,26H2,1-14H3/t27-,28-,29+,30+,31-,32+,34+,35-,38+,39-/m1/s1. The maximum absolute atomic E-state index is 11.7. The van der Waals surface area contributed by atoms with Gasteiger partial charge in [0, 0.05) is 18.6 Å². The van der Waals surface area contributed by atoms with Crippen LogP contribution >= 0.6 is 0 Å². The van der Waals surface area contributed by atoms with E-state index in [1.54, 1.807) is 5.57 Å². The van der Waals surface area contributed by atoms with Crippen molar-refractivity contribution in [2.45, 2.75) is 182 Å². The Morgan fingerprint density at radius 2 is 1.52 bits per heavy atom. The number of fused-ring (bicyclic) bond motifs is 5. The molecule has 0 spiro atoms. The minimum absolute atomic E-state index is 0.170. The second kappa shape index (κ2) is 12.8. The van der Waals surface area contributed by atoms with E-state index in [0.717, 1.165) is 18.4 Å². The van der Waals surface area contributed by atoms with Crippen molar-refractivity contribution in [2.75, 3.05) is 6.61 Å². The fourth-order valence-electron chi connectivity index (χ4n) is 9.92. The summed E-state index contributed by atoms with van der Waals surface area (Å²) in [6.07, 6.45) is 15.3. The molecule has 0 saturated heterocycles. The van der Waals surface area contributed by atoms with Crippen LogP contribution in [0.2, 0.25) is 36.3 Å². The Kier molecular flexibility index (Phi) is 10.7. The van der Waals surface area contributed by atoms with Crippen molar-refractivity contribution in [2.24, 2.45) is 46.3 Å². The summed E-state index contributed by atoms with van der Waals surface area (Å²) < 4.78 is 13.5. The van der Waals surface area contributed by atoms with Crippen LogP contribution in [0.3, 0.4) is 0 Å². The van der Waals surface area contributed by atoms with Crippen molar-refractivity contribution in [1.29, 1.82) is 0 Å². The molecule has 0 aromatic heterocycles. The SMILES string of the molecule is C[C@H](CCC[C@@H](C)C1=C[C@H](O)[C@H]2[C@@H]3CC[C@H]4C[C@@H](O[Si](C)(C)C(C)(C)C)CC[C@]4(C)[C@H]3CC[C@]12C)CO[Si](C)(C)C(C)(C)C. The first-order chi connectivity index (χ1) is 20.0. The van der Waals surface area contributed by atoms with Crippen LogP contribution in [0.15, 0.2) is 11.6 Å². The predicted octanol–water partition coefficient (Wildman–Crippen LogP) is 11.4. The molecule has 256 valence electrons. The zero-order valence-corrected chi connectivity index (χ0v) is 33.7. The average Bonchev–Trinajstić information content (AvgIpc) is 3.16. The van der Waals surface area contributed by atoms with E-state index in [1.165, 1.54) is 64.2 Å². The van der Waals surface area contributed by atoms with E-state index in [0.29, 0.717) is 35.2 Å². The van der Waals surface area contributed by atoms with Crippen molar-refractivity contribution >= 4 is 16.6 Å². The average molecular weight is 647 g/mol. The first-order valence-electron chi connectivity index (χ1n) is 18.8. The van der Waals surface area contributed by atoms with Crippen LogP contribution in [0.1, 0.15) is 133 Å². The molecule has 44 heavy (non-hydrogen) atoms. The summed E-state index contributed by atoms with van der Waals surface area (Å²) in [7, 11) is -3.42. The van der Waals surface area contributed by atoms with E-state index >= 15 is 0 Å². The lowest BCUT2D eigenvalue weighted by molar-refractivity contribution is -0.132. The first kappa shape index (κ1) is 36.9. The molecule has 4 rings (SSSR count). The molecule has 10 atom stereocenters. The first-order valence-corrected chi connectivity index (χ1v) is 24.6. The van der Waals surface area contributed by atoms with Crippen molar-refractivity contribution in [1.82, 2.24) is 0 Å². The van der Waals surface area contributed by atoms with Gasteiger partial charge in [-0.25, -0.2) is 0 Å². The van der Waals surface area contributed by atoms with Gasteiger partial charge in [0.05, 0.1) is 6.10 Å². The molecule has 0 radical (unpaired) electrons. The molecule has 5 heteroatoms. The van der Waals surface area contributed by atoms with Gasteiger partial charge >= 0.3 is 0 Å². The summed E-state index contributed by atoms with van der Waals surface area (Å²) >= 11 is 0. The third kappa shape index (κ3) is 7.08. The summed E-state index contributed by atoms with van der Waals surface area (Å²) in [5, 5.41) is 12.2. The van der Waals surface area contributed by atoms with E-state index in [1.807, 2.05) is 0 Å². The Balaban J connectivity index is 1.35. The molecule has 3 nitrogen and oxygen atoms in total. The van der Waals surface area contributed by atoms with Gasteiger partial charge in [-0.3, -0.25) is 0 Å². The Bertz CT molecular complexity index is 1020. The molecular weight excluding hydrogens is 573 g/mol. The van der Waals surface area contributed by atoms with E-state index in [-0.39, 0.29) is 21.6 Å². The number of hydrogen-bond acceptors (Lipinski definition) is 3. The third-order valence-corrected chi connectivity index (χ3v) is 23.9. The maximum atomic E-state index is 11.7. The van der Waals surface area contributed by atoms with Gasteiger partial charge in [-0.15, -0.1) is 0 Å². The molecule has 0 aromatic carbocycles. The molecule has 0 unspecified atom stereocenters. The zero-order chi connectivity index (χ0) is 33.1. The van der Waals surface area contributed by atoms with Crippen molar-refractivity contribution < 1.29 is 14.0 Å². The maximum Gasteiger partial charge on any atom is 0.192 e. The van der Waals surface area contributed by atoms with Gasteiger partial charge in [-0.1, -0.05) is 87.3 Å². The minimum atomic E-state index is -1.74. The fraction of sp³-hybridized carbons (Fsp3) is 0.949. The van der Waals surface area contributed by atoms with Crippen LogP contribution in [0.25, 0.3) is 0 Å². The summed E-state index contributed by atoms with van der Waals surface area (Å²) in [6.45, 7) is 34.6. The monoisotopic (exact) mass is 647 g/mol. The van der Waals surface area contributed by atoms with E-state index in [2.05, 4.69) is 102 Å². The van der Waals surface area contributed by atoms with Crippen LogP contribution in [-0.2, 0) is 8.85 Å². The number of allylic oxidation sites excluding steroid dienone is 1. The normalized spacial score (nSPS) is 37.9. The van der Waals surface area contributed by atoms with Gasteiger partial charge in [-0.05, 0) is 134 Å². The molecule has 0 amide bonds. The molecule has 0 aromatic rings. The molecule has 3 saturated carbocycles. The van der Waals surface area contributed by atoms with Crippen molar-refractivity contribution in [3.05, 3.63) is 11.6 Å². The van der Waals surface area contributed by atoms with Crippen molar-refractivity contribution in [3.63, 3.8) is 0 Å². The lowest BCUT2D eigenvalue weighted by atomic mass is 9.44. The quantitative estimate of drug-likeness (QED) is 0.190. The molecule has 1 N–H and O–H groups in total. The largest absolute Gasteiger partial charge is 0.417 e. The zero-order valence-electron chi connectivity index (χ0n) is 31.7. The summed E-state index contributed by atoms with van der Waals surface area (Å²) in [5.41, 5.74) is 2.18. The highest BCUT2D eigenvalue weighted by Crippen LogP contribution is 2.67. The number of hydrogen-bond donors (Lipinski definition) is 1. The molecule has 4 aliphatic rings. The van der Waals surface area contributed by atoms with Crippen LogP contribution < -0.4 is 0 Å².